The number of aryl methyl sites for hydroxylation is 1. The van der Waals surface area contributed by atoms with Crippen LogP contribution in [0.1, 0.15) is 61.9 Å². The second-order valence-electron chi connectivity index (χ2n) is 7.86. The summed E-state index contributed by atoms with van der Waals surface area (Å²) in [5.41, 5.74) is 9.99. The first-order valence-corrected chi connectivity index (χ1v) is 9.99. The Labute approximate surface area is 170 Å². The van der Waals surface area contributed by atoms with Crippen LogP contribution in [0.25, 0.3) is 0 Å². The Morgan fingerprint density at radius 2 is 2.00 bits per heavy atom. The van der Waals surface area contributed by atoms with Gasteiger partial charge in [-0.2, -0.15) is 10.4 Å². The number of fused-ring (bicyclic) bond motifs is 1. The van der Waals surface area contributed by atoms with Crippen molar-refractivity contribution in [3.05, 3.63) is 52.5 Å². The van der Waals surface area contributed by atoms with Gasteiger partial charge in [-0.1, -0.05) is 12.1 Å². The van der Waals surface area contributed by atoms with Crippen LogP contribution >= 0.6 is 0 Å². The highest BCUT2D eigenvalue weighted by Crippen LogP contribution is 2.44. The van der Waals surface area contributed by atoms with Gasteiger partial charge in [0.05, 0.1) is 23.2 Å². The number of anilines is 1. The number of amides is 1. The molecule has 1 aromatic heterocycles. The molecule has 4 rings (SSSR count). The summed E-state index contributed by atoms with van der Waals surface area (Å²) < 4.78 is 7.62. The van der Waals surface area contributed by atoms with Crippen LogP contribution in [-0.4, -0.2) is 22.2 Å². The average Bonchev–Trinajstić information content (AvgIpc) is 3.04. The molecular formula is C22H25N5O2. The smallest absolute Gasteiger partial charge is 0.226 e. The number of piperidine rings is 1. The van der Waals surface area contributed by atoms with Crippen LogP contribution in [0.2, 0.25) is 0 Å². The van der Waals surface area contributed by atoms with Gasteiger partial charge in [-0.05, 0) is 51.3 Å². The lowest BCUT2D eigenvalue weighted by Crippen LogP contribution is -2.35. The highest BCUT2D eigenvalue weighted by Gasteiger charge is 2.36. The molecule has 0 spiro atoms. The Balaban J connectivity index is 1.78. The van der Waals surface area contributed by atoms with E-state index in [2.05, 4.69) is 11.2 Å². The van der Waals surface area contributed by atoms with Crippen LogP contribution in [0.4, 0.5) is 5.69 Å². The van der Waals surface area contributed by atoms with Gasteiger partial charge in [0.2, 0.25) is 17.7 Å². The molecule has 1 saturated heterocycles. The van der Waals surface area contributed by atoms with E-state index in [4.69, 9.17) is 10.5 Å². The van der Waals surface area contributed by atoms with Crippen LogP contribution in [0.5, 0.6) is 5.88 Å². The van der Waals surface area contributed by atoms with E-state index in [0.29, 0.717) is 17.9 Å². The monoisotopic (exact) mass is 391 g/mol. The van der Waals surface area contributed by atoms with Gasteiger partial charge >= 0.3 is 0 Å². The van der Waals surface area contributed by atoms with Crippen molar-refractivity contribution in [3.63, 3.8) is 0 Å². The van der Waals surface area contributed by atoms with Gasteiger partial charge in [-0.25, -0.2) is 4.68 Å². The molecule has 0 radical (unpaired) electrons. The fourth-order valence-electron chi connectivity index (χ4n) is 4.15. The summed E-state index contributed by atoms with van der Waals surface area (Å²) in [6, 6.07) is 10.1. The van der Waals surface area contributed by atoms with Crippen LogP contribution in [0, 0.1) is 18.3 Å². The number of ether oxygens (including phenoxy) is 1. The molecule has 1 amide bonds. The van der Waals surface area contributed by atoms with Crippen molar-refractivity contribution in [2.45, 2.75) is 52.0 Å². The van der Waals surface area contributed by atoms with Crippen molar-refractivity contribution in [1.29, 1.82) is 5.26 Å². The lowest BCUT2D eigenvalue weighted by molar-refractivity contribution is -0.119. The minimum absolute atomic E-state index is 0.0991. The van der Waals surface area contributed by atoms with Gasteiger partial charge < -0.3 is 15.4 Å². The Bertz CT molecular complexity index is 1030. The zero-order valence-corrected chi connectivity index (χ0v) is 17.0. The molecule has 2 aliphatic rings. The number of hydrogen-bond donors (Lipinski definition) is 1. The Morgan fingerprint density at radius 1 is 1.28 bits per heavy atom. The van der Waals surface area contributed by atoms with E-state index in [1.54, 1.807) is 4.68 Å². The van der Waals surface area contributed by atoms with Crippen molar-refractivity contribution in [2.75, 3.05) is 11.4 Å². The van der Waals surface area contributed by atoms with Gasteiger partial charge in [0, 0.05) is 18.7 Å². The first-order valence-electron chi connectivity index (χ1n) is 9.99. The zero-order chi connectivity index (χ0) is 20.7. The molecule has 0 bridgehead atoms. The van der Waals surface area contributed by atoms with Gasteiger partial charge in [-0.3, -0.25) is 4.79 Å². The highest BCUT2D eigenvalue weighted by molar-refractivity contribution is 5.94. The molecule has 0 saturated carbocycles. The largest absolute Gasteiger partial charge is 0.422 e. The fraction of sp³-hybridized carbons (Fsp3) is 0.409. The third-order valence-electron chi connectivity index (χ3n) is 5.61. The SMILES string of the molecule is Cc1nn(C(C)C)c2c1C(c1ccc(N3CCCCC3=O)cc1)C(C#N)=C(N)O2. The second kappa shape index (κ2) is 7.28. The molecule has 0 aliphatic carbocycles. The van der Waals surface area contributed by atoms with E-state index in [1.165, 1.54) is 0 Å². The molecule has 1 aromatic carbocycles. The Morgan fingerprint density at radius 3 is 2.62 bits per heavy atom. The van der Waals surface area contributed by atoms with Gasteiger partial charge in [0.25, 0.3) is 0 Å². The number of carbonyl (C=O) groups is 1. The summed E-state index contributed by atoms with van der Waals surface area (Å²) >= 11 is 0. The van der Waals surface area contributed by atoms with Crippen molar-refractivity contribution in [2.24, 2.45) is 5.73 Å². The Kier molecular flexibility index (Phi) is 4.79. The molecule has 29 heavy (non-hydrogen) atoms. The van der Waals surface area contributed by atoms with E-state index in [0.717, 1.165) is 41.9 Å². The molecular weight excluding hydrogens is 366 g/mol. The number of benzene rings is 1. The summed E-state index contributed by atoms with van der Waals surface area (Å²) in [4.78, 5) is 14.1. The summed E-state index contributed by atoms with van der Waals surface area (Å²) in [5, 5.41) is 14.4. The molecule has 7 nitrogen and oxygen atoms in total. The van der Waals surface area contributed by atoms with E-state index in [-0.39, 0.29) is 23.8 Å². The lowest BCUT2D eigenvalue weighted by atomic mass is 9.84. The number of aromatic nitrogens is 2. The molecule has 1 unspecified atom stereocenters. The maximum Gasteiger partial charge on any atom is 0.226 e. The van der Waals surface area contributed by atoms with Gasteiger partial charge in [-0.15, -0.1) is 0 Å². The van der Waals surface area contributed by atoms with Crippen molar-refractivity contribution >= 4 is 11.6 Å². The topological polar surface area (TPSA) is 97.2 Å². The van der Waals surface area contributed by atoms with Crippen molar-refractivity contribution in [3.8, 4) is 11.9 Å². The summed E-state index contributed by atoms with van der Waals surface area (Å²) in [6.07, 6.45) is 2.56. The van der Waals surface area contributed by atoms with Crippen molar-refractivity contribution in [1.82, 2.24) is 9.78 Å². The predicted molar refractivity (Wildman–Crippen MR) is 109 cm³/mol. The number of nitrogens with two attached hydrogens (primary N) is 1. The third kappa shape index (κ3) is 3.15. The van der Waals surface area contributed by atoms with Crippen LogP contribution in [0.15, 0.2) is 35.7 Å². The molecule has 1 atom stereocenters. The normalized spacial score (nSPS) is 19.2. The van der Waals surface area contributed by atoms with E-state index < -0.39 is 0 Å². The van der Waals surface area contributed by atoms with E-state index in [1.807, 2.05) is 49.9 Å². The quantitative estimate of drug-likeness (QED) is 0.863. The number of nitriles is 1. The lowest BCUT2D eigenvalue weighted by Gasteiger charge is -2.28. The highest BCUT2D eigenvalue weighted by atomic mass is 16.5. The number of hydrogen-bond acceptors (Lipinski definition) is 5. The van der Waals surface area contributed by atoms with Crippen molar-refractivity contribution < 1.29 is 9.53 Å². The minimum Gasteiger partial charge on any atom is -0.422 e. The molecule has 3 heterocycles. The van der Waals surface area contributed by atoms with Crippen LogP contribution < -0.4 is 15.4 Å². The minimum atomic E-state index is -0.345. The maximum atomic E-state index is 12.2. The first-order chi connectivity index (χ1) is 13.9. The molecule has 2 N–H and O–H groups in total. The standard InChI is InChI=1S/C22H25N5O2/c1-13(2)27-22-19(14(3)25-27)20(17(12-23)21(24)29-22)15-7-9-16(10-8-15)26-11-5-4-6-18(26)28/h7-10,13,20H,4-6,11,24H2,1-3H3. The second-order valence-corrected chi connectivity index (χ2v) is 7.86. The fourth-order valence-corrected chi connectivity index (χ4v) is 4.15. The number of rotatable bonds is 3. The molecule has 2 aliphatic heterocycles. The zero-order valence-electron chi connectivity index (χ0n) is 17.0. The summed E-state index contributed by atoms with van der Waals surface area (Å²) in [5.74, 6) is 0.520. The molecule has 2 aromatic rings. The number of allylic oxidation sites excluding steroid dienone is 1. The van der Waals surface area contributed by atoms with Gasteiger partial charge in [0.1, 0.15) is 11.6 Å². The number of nitrogens with zero attached hydrogens (tertiary/aromatic N) is 4. The van der Waals surface area contributed by atoms with E-state index >= 15 is 0 Å². The predicted octanol–water partition coefficient (Wildman–Crippen LogP) is 3.51. The average molecular weight is 391 g/mol. The first kappa shape index (κ1) is 19.1. The molecule has 150 valence electrons. The Hall–Kier alpha value is -3.27. The maximum absolute atomic E-state index is 12.2. The summed E-state index contributed by atoms with van der Waals surface area (Å²) in [6.45, 7) is 6.71. The molecule has 7 heteroatoms. The van der Waals surface area contributed by atoms with Crippen LogP contribution in [-0.2, 0) is 4.79 Å². The molecule has 1 fully saturated rings. The third-order valence-corrected chi connectivity index (χ3v) is 5.61. The van der Waals surface area contributed by atoms with Crippen LogP contribution in [0.3, 0.4) is 0 Å². The summed E-state index contributed by atoms with van der Waals surface area (Å²) in [7, 11) is 0. The van der Waals surface area contributed by atoms with Gasteiger partial charge in [0.15, 0.2) is 0 Å². The number of carbonyl (C=O) groups excluding carboxylic acids is 1. The van der Waals surface area contributed by atoms with E-state index in [9.17, 15) is 10.1 Å².